The number of aryl methyl sites for hydroxylation is 3. The van der Waals surface area contributed by atoms with Crippen LogP contribution in [0.1, 0.15) is 33.9 Å². The van der Waals surface area contributed by atoms with E-state index in [0.29, 0.717) is 30.1 Å². The van der Waals surface area contributed by atoms with Crippen LogP contribution in [0.25, 0.3) is 0 Å². The van der Waals surface area contributed by atoms with Crippen molar-refractivity contribution in [3.8, 4) is 0 Å². The molecular weight excluding hydrogens is 379 g/mol. The molecular formula is C20H23FN4O2S. The lowest BCUT2D eigenvalue weighted by Gasteiger charge is -2.11. The number of H-pyrrole nitrogens is 1. The third-order valence-corrected chi connectivity index (χ3v) is 6.16. The van der Waals surface area contributed by atoms with Gasteiger partial charge in [-0.1, -0.05) is 18.2 Å². The number of hydrogen-bond donors (Lipinski definition) is 2. The Bertz CT molecular complexity index is 1090. The van der Waals surface area contributed by atoms with Gasteiger partial charge in [0.1, 0.15) is 11.6 Å². The van der Waals surface area contributed by atoms with E-state index in [0.717, 1.165) is 16.7 Å². The zero-order valence-electron chi connectivity index (χ0n) is 16.1. The van der Waals surface area contributed by atoms with Gasteiger partial charge in [0.05, 0.1) is 4.90 Å². The molecule has 0 radical (unpaired) electrons. The number of sulfonamides is 1. The Balaban J connectivity index is 1.61. The molecule has 2 N–H and O–H groups in total. The van der Waals surface area contributed by atoms with E-state index >= 15 is 0 Å². The molecule has 1 aromatic heterocycles. The largest absolute Gasteiger partial charge is 0.263 e. The number of nitrogens with zero attached hydrogens (tertiary/aromatic N) is 2. The van der Waals surface area contributed by atoms with Crippen molar-refractivity contribution in [3.05, 3.63) is 76.1 Å². The maximum absolute atomic E-state index is 13.3. The first-order chi connectivity index (χ1) is 13.2. The maximum Gasteiger partial charge on any atom is 0.240 e. The first-order valence-electron chi connectivity index (χ1n) is 8.97. The quantitative estimate of drug-likeness (QED) is 0.636. The number of aromatic amines is 1. The highest BCUT2D eigenvalue weighted by Crippen LogP contribution is 2.19. The lowest BCUT2D eigenvalue weighted by Crippen LogP contribution is -2.27. The van der Waals surface area contributed by atoms with Crippen LogP contribution in [0.2, 0.25) is 0 Å². The molecule has 6 nitrogen and oxygen atoms in total. The summed E-state index contributed by atoms with van der Waals surface area (Å²) in [5, 5.41) is 6.92. The normalized spacial score (nSPS) is 11.7. The molecule has 3 rings (SSSR count). The minimum absolute atomic E-state index is 0.186. The Kier molecular flexibility index (Phi) is 5.90. The standard InChI is InChI=1S/C20H23FN4O2S/c1-13-9-15(3)18(10-14(13)2)28(26,27)22-8-7-19-23-20(25-24-19)12-16-5-4-6-17(21)11-16/h4-6,9-11,22H,7-8,12H2,1-3H3,(H,23,24,25). The molecule has 8 heteroatoms. The Morgan fingerprint density at radius 3 is 2.57 bits per heavy atom. The van der Waals surface area contributed by atoms with Gasteiger partial charge in [-0.2, -0.15) is 5.10 Å². The molecule has 0 saturated heterocycles. The first-order valence-corrected chi connectivity index (χ1v) is 10.4. The highest BCUT2D eigenvalue weighted by Gasteiger charge is 2.17. The second kappa shape index (κ2) is 8.20. The van der Waals surface area contributed by atoms with Crippen molar-refractivity contribution in [2.75, 3.05) is 6.54 Å². The molecule has 2 aromatic carbocycles. The molecule has 0 bridgehead atoms. The van der Waals surface area contributed by atoms with Gasteiger partial charge in [0.15, 0.2) is 5.82 Å². The van der Waals surface area contributed by atoms with Crippen LogP contribution in [0.5, 0.6) is 0 Å². The summed E-state index contributed by atoms with van der Waals surface area (Å²) in [5.41, 5.74) is 3.49. The number of rotatable bonds is 7. The summed E-state index contributed by atoms with van der Waals surface area (Å²) in [4.78, 5) is 4.64. The summed E-state index contributed by atoms with van der Waals surface area (Å²) in [7, 11) is -3.60. The lowest BCUT2D eigenvalue weighted by atomic mass is 10.1. The highest BCUT2D eigenvalue weighted by atomic mass is 32.2. The van der Waals surface area contributed by atoms with Crippen LogP contribution in [-0.4, -0.2) is 30.1 Å². The molecule has 0 saturated carbocycles. The van der Waals surface area contributed by atoms with Gasteiger partial charge in [-0.15, -0.1) is 0 Å². The van der Waals surface area contributed by atoms with Crippen molar-refractivity contribution in [2.45, 2.75) is 38.5 Å². The fraction of sp³-hybridized carbons (Fsp3) is 0.300. The van der Waals surface area contributed by atoms with Crippen LogP contribution in [0.15, 0.2) is 41.3 Å². The summed E-state index contributed by atoms with van der Waals surface area (Å²) in [6.45, 7) is 5.82. The molecule has 148 valence electrons. The number of benzene rings is 2. The van der Waals surface area contributed by atoms with Crippen LogP contribution in [0.3, 0.4) is 0 Å². The van der Waals surface area contributed by atoms with E-state index in [1.165, 1.54) is 12.1 Å². The van der Waals surface area contributed by atoms with Crippen molar-refractivity contribution in [2.24, 2.45) is 0 Å². The van der Waals surface area contributed by atoms with Crippen molar-refractivity contribution in [1.29, 1.82) is 0 Å². The first kappa shape index (κ1) is 20.2. The van der Waals surface area contributed by atoms with Gasteiger partial charge in [0.2, 0.25) is 10.0 Å². The fourth-order valence-electron chi connectivity index (χ4n) is 2.96. The van der Waals surface area contributed by atoms with Gasteiger partial charge in [-0.05, 0) is 61.2 Å². The van der Waals surface area contributed by atoms with E-state index < -0.39 is 10.0 Å². The molecule has 0 aliphatic carbocycles. The van der Waals surface area contributed by atoms with Crippen LogP contribution >= 0.6 is 0 Å². The van der Waals surface area contributed by atoms with Gasteiger partial charge in [0, 0.05) is 19.4 Å². The number of aromatic nitrogens is 3. The molecule has 0 atom stereocenters. The molecule has 0 unspecified atom stereocenters. The Morgan fingerprint density at radius 2 is 1.82 bits per heavy atom. The monoisotopic (exact) mass is 402 g/mol. The summed E-state index contributed by atoms with van der Waals surface area (Å²) < 4.78 is 41.0. The third kappa shape index (κ3) is 4.82. The predicted octanol–water partition coefficient (Wildman–Crippen LogP) is 2.98. The van der Waals surface area contributed by atoms with Crippen LogP contribution in [0, 0.1) is 26.6 Å². The Morgan fingerprint density at radius 1 is 1.07 bits per heavy atom. The van der Waals surface area contributed by atoms with E-state index in [9.17, 15) is 12.8 Å². The van der Waals surface area contributed by atoms with Crippen molar-refractivity contribution >= 4 is 10.0 Å². The molecule has 1 heterocycles. The zero-order chi connectivity index (χ0) is 20.3. The van der Waals surface area contributed by atoms with Crippen LogP contribution < -0.4 is 4.72 Å². The minimum Gasteiger partial charge on any atom is -0.263 e. The zero-order valence-corrected chi connectivity index (χ0v) is 16.9. The van der Waals surface area contributed by atoms with Crippen LogP contribution in [-0.2, 0) is 22.9 Å². The van der Waals surface area contributed by atoms with E-state index in [4.69, 9.17) is 0 Å². The van der Waals surface area contributed by atoms with E-state index in [-0.39, 0.29) is 17.3 Å². The number of halogens is 1. The van der Waals surface area contributed by atoms with E-state index in [2.05, 4.69) is 19.9 Å². The van der Waals surface area contributed by atoms with Gasteiger partial charge >= 0.3 is 0 Å². The Hall–Kier alpha value is -2.58. The van der Waals surface area contributed by atoms with Gasteiger partial charge in [-0.3, -0.25) is 5.10 Å². The highest BCUT2D eigenvalue weighted by molar-refractivity contribution is 7.89. The molecule has 3 aromatic rings. The minimum atomic E-state index is -3.60. The average molecular weight is 402 g/mol. The summed E-state index contributed by atoms with van der Waals surface area (Å²) in [6.07, 6.45) is 0.779. The van der Waals surface area contributed by atoms with Gasteiger partial charge < -0.3 is 0 Å². The van der Waals surface area contributed by atoms with Crippen LogP contribution in [0.4, 0.5) is 4.39 Å². The topological polar surface area (TPSA) is 87.7 Å². The predicted molar refractivity (Wildman–Crippen MR) is 105 cm³/mol. The maximum atomic E-state index is 13.3. The third-order valence-electron chi connectivity index (χ3n) is 4.56. The number of hydrogen-bond acceptors (Lipinski definition) is 4. The lowest BCUT2D eigenvalue weighted by molar-refractivity contribution is 0.580. The number of nitrogens with one attached hydrogen (secondary N) is 2. The molecule has 0 fully saturated rings. The second-order valence-electron chi connectivity index (χ2n) is 6.85. The fourth-order valence-corrected chi connectivity index (χ4v) is 4.31. The van der Waals surface area contributed by atoms with E-state index in [1.807, 2.05) is 26.0 Å². The average Bonchev–Trinajstić information content (AvgIpc) is 3.05. The second-order valence-corrected chi connectivity index (χ2v) is 8.59. The SMILES string of the molecule is Cc1cc(C)c(S(=O)(=O)NCCc2n[nH]c(Cc3cccc(F)c3)n2)cc1C. The summed E-state index contributed by atoms with van der Waals surface area (Å²) in [6, 6.07) is 9.85. The smallest absolute Gasteiger partial charge is 0.240 e. The molecule has 0 aliphatic rings. The molecule has 28 heavy (non-hydrogen) atoms. The summed E-state index contributed by atoms with van der Waals surface area (Å²) >= 11 is 0. The van der Waals surface area contributed by atoms with Gasteiger partial charge in [-0.25, -0.2) is 22.5 Å². The van der Waals surface area contributed by atoms with Crippen molar-refractivity contribution in [3.63, 3.8) is 0 Å². The molecule has 0 amide bonds. The molecule has 0 spiro atoms. The van der Waals surface area contributed by atoms with Crippen molar-refractivity contribution in [1.82, 2.24) is 19.9 Å². The van der Waals surface area contributed by atoms with Crippen molar-refractivity contribution < 1.29 is 12.8 Å². The Labute approximate surface area is 164 Å². The molecule has 0 aliphatic heterocycles. The summed E-state index contributed by atoms with van der Waals surface area (Å²) in [5.74, 6) is 0.813. The van der Waals surface area contributed by atoms with E-state index in [1.54, 1.807) is 19.1 Å². The van der Waals surface area contributed by atoms with Gasteiger partial charge in [0.25, 0.3) is 0 Å².